The van der Waals surface area contributed by atoms with Gasteiger partial charge in [0.2, 0.25) is 0 Å². The Morgan fingerprint density at radius 1 is 1.00 bits per heavy atom. The third-order valence-electron chi connectivity index (χ3n) is 4.87. The zero-order chi connectivity index (χ0) is 19.5. The number of hydrogen-bond donors (Lipinski definition) is 1. The van der Waals surface area contributed by atoms with Gasteiger partial charge in [-0.1, -0.05) is 17.3 Å². The van der Waals surface area contributed by atoms with Crippen LogP contribution < -0.4 is 15.1 Å². The summed E-state index contributed by atoms with van der Waals surface area (Å²) in [6.45, 7) is 7.51. The number of carbonyl (C=O) groups is 1. The van der Waals surface area contributed by atoms with Crippen LogP contribution in [0.1, 0.15) is 21.7 Å². The summed E-state index contributed by atoms with van der Waals surface area (Å²) in [5.41, 5.74) is 3.98. The van der Waals surface area contributed by atoms with Gasteiger partial charge < -0.3 is 19.6 Å². The van der Waals surface area contributed by atoms with Crippen molar-refractivity contribution in [3.8, 4) is 0 Å². The molecule has 1 saturated heterocycles. The van der Waals surface area contributed by atoms with E-state index in [1.165, 1.54) is 11.3 Å². The standard InChI is InChI=1S/C21H23N5O2/c1-15-4-3-5-18(10-15)25-6-8-26(9-7-25)19-12-17(13-22-14-19)21(27)23-20-11-16(2)28-24-20/h3-5,10-14H,6-9H2,1-2H3,(H,23,24,27). The number of rotatable bonds is 4. The summed E-state index contributed by atoms with van der Waals surface area (Å²) in [6, 6.07) is 12.1. The van der Waals surface area contributed by atoms with Crippen molar-refractivity contribution in [2.75, 3.05) is 41.3 Å². The summed E-state index contributed by atoms with van der Waals surface area (Å²) in [4.78, 5) is 21.4. The van der Waals surface area contributed by atoms with E-state index in [-0.39, 0.29) is 5.91 Å². The first-order valence-electron chi connectivity index (χ1n) is 9.35. The molecular formula is C21H23N5O2. The molecule has 0 saturated carbocycles. The van der Waals surface area contributed by atoms with Crippen molar-refractivity contribution in [1.29, 1.82) is 0 Å². The summed E-state index contributed by atoms with van der Waals surface area (Å²) < 4.78 is 4.98. The minimum absolute atomic E-state index is 0.249. The molecule has 1 aliphatic rings. The molecule has 0 unspecified atom stereocenters. The number of nitrogens with zero attached hydrogens (tertiary/aromatic N) is 4. The second kappa shape index (κ2) is 7.72. The van der Waals surface area contributed by atoms with Crippen molar-refractivity contribution in [2.45, 2.75) is 13.8 Å². The predicted molar refractivity (Wildman–Crippen MR) is 109 cm³/mol. The summed E-state index contributed by atoms with van der Waals surface area (Å²) in [6.07, 6.45) is 3.37. The fourth-order valence-corrected chi connectivity index (χ4v) is 3.39. The average Bonchev–Trinajstić information content (AvgIpc) is 3.13. The first-order valence-corrected chi connectivity index (χ1v) is 9.35. The lowest BCUT2D eigenvalue weighted by molar-refractivity contribution is 0.102. The molecule has 1 N–H and O–H groups in total. The molecule has 1 aromatic carbocycles. The van der Waals surface area contributed by atoms with Crippen LogP contribution in [-0.2, 0) is 0 Å². The Hall–Kier alpha value is -3.35. The van der Waals surface area contributed by atoms with Crippen LogP contribution in [0.25, 0.3) is 0 Å². The molecule has 3 heterocycles. The summed E-state index contributed by atoms with van der Waals surface area (Å²) in [5, 5.41) is 6.53. The van der Waals surface area contributed by atoms with Crippen LogP contribution in [-0.4, -0.2) is 42.2 Å². The monoisotopic (exact) mass is 377 g/mol. The minimum atomic E-state index is -0.249. The van der Waals surface area contributed by atoms with Crippen LogP contribution in [0, 0.1) is 13.8 Å². The molecular weight excluding hydrogens is 354 g/mol. The number of hydrogen-bond acceptors (Lipinski definition) is 6. The number of nitrogens with one attached hydrogen (secondary N) is 1. The topological polar surface area (TPSA) is 74.5 Å². The van der Waals surface area contributed by atoms with Crippen molar-refractivity contribution < 1.29 is 9.32 Å². The highest BCUT2D eigenvalue weighted by atomic mass is 16.5. The normalized spacial score (nSPS) is 14.2. The fourth-order valence-electron chi connectivity index (χ4n) is 3.39. The minimum Gasteiger partial charge on any atom is -0.368 e. The maximum atomic E-state index is 12.5. The molecule has 144 valence electrons. The number of amides is 1. The number of anilines is 3. The molecule has 1 aliphatic heterocycles. The van der Waals surface area contributed by atoms with Crippen molar-refractivity contribution in [1.82, 2.24) is 10.1 Å². The molecule has 0 bridgehead atoms. The maximum absolute atomic E-state index is 12.5. The first-order chi connectivity index (χ1) is 13.6. The summed E-state index contributed by atoms with van der Waals surface area (Å²) >= 11 is 0. The largest absolute Gasteiger partial charge is 0.368 e. The number of carbonyl (C=O) groups excluding carboxylic acids is 1. The summed E-state index contributed by atoms with van der Waals surface area (Å²) in [5.74, 6) is 0.800. The number of aryl methyl sites for hydroxylation is 2. The van der Waals surface area contributed by atoms with Gasteiger partial charge in [0.1, 0.15) is 5.76 Å². The van der Waals surface area contributed by atoms with Gasteiger partial charge in [-0.3, -0.25) is 9.78 Å². The Morgan fingerprint density at radius 2 is 1.75 bits per heavy atom. The smallest absolute Gasteiger partial charge is 0.258 e. The fraction of sp³-hybridized carbons (Fsp3) is 0.286. The third-order valence-corrected chi connectivity index (χ3v) is 4.87. The second-order valence-electron chi connectivity index (χ2n) is 7.02. The quantitative estimate of drug-likeness (QED) is 0.752. The number of benzene rings is 1. The van der Waals surface area contributed by atoms with Gasteiger partial charge in [0.05, 0.1) is 17.4 Å². The Kier molecular flexibility index (Phi) is 4.97. The Bertz CT molecular complexity index is 976. The lowest BCUT2D eigenvalue weighted by Gasteiger charge is -2.37. The van der Waals surface area contributed by atoms with Gasteiger partial charge in [-0.05, 0) is 37.6 Å². The second-order valence-corrected chi connectivity index (χ2v) is 7.02. The van der Waals surface area contributed by atoms with Crippen LogP contribution in [0.2, 0.25) is 0 Å². The van der Waals surface area contributed by atoms with Crippen LogP contribution in [0.5, 0.6) is 0 Å². The SMILES string of the molecule is Cc1cccc(N2CCN(c3cncc(C(=O)Nc4cc(C)on4)c3)CC2)c1. The molecule has 0 atom stereocenters. The lowest BCUT2D eigenvalue weighted by Crippen LogP contribution is -2.46. The predicted octanol–water partition coefficient (Wildman–Crippen LogP) is 3.27. The van der Waals surface area contributed by atoms with Gasteiger partial charge in [0.25, 0.3) is 5.91 Å². The van der Waals surface area contributed by atoms with Gasteiger partial charge in [0, 0.05) is 44.1 Å². The van der Waals surface area contributed by atoms with E-state index < -0.39 is 0 Å². The van der Waals surface area contributed by atoms with Crippen molar-refractivity contribution in [3.05, 3.63) is 65.7 Å². The van der Waals surface area contributed by atoms with Gasteiger partial charge in [-0.15, -0.1) is 0 Å². The van der Waals surface area contributed by atoms with E-state index in [0.29, 0.717) is 17.1 Å². The Morgan fingerprint density at radius 3 is 2.43 bits per heavy atom. The number of piperazine rings is 1. The molecule has 0 aliphatic carbocycles. The number of pyridine rings is 1. The van der Waals surface area contributed by atoms with E-state index in [1.807, 2.05) is 6.07 Å². The van der Waals surface area contributed by atoms with E-state index in [4.69, 9.17) is 4.52 Å². The van der Waals surface area contributed by atoms with E-state index in [9.17, 15) is 4.79 Å². The number of aromatic nitrogens is 2. The van der Waals surface area contributed by atoms with Crippen molar-refractivity contribution >= 4 is 23.1 Å². The molecule has 7 heteroatoms. The lowest BCUT2D eigenvalue weighted by atomic mass is 10.1. The van der Waals surface area contributed by atoms with Gasteiger partial charge in [0.15, 0.2) is 5.82 Å². The first kappa shape index (κ1) is 18.0. The third kappa shape index (κ3) is 3.98. The highest BCUT2D eigenvalue weighted by Crippen LogP contribution is 2.22. The molecule has 1 fully saturated rings. The van der Waals surface area contributed by atoms with Gasteiger partial charge in [-0.25, -0.2) is 0 Å². The van der Waals surface area contributed by atoms with Crippen LogP contribution in [0.4, 0.5) is 17.2 Å². The van der Waals surface area contributed by atoms with E-state index in [1.54, 1.807) is 25.4 Å². The highest BCUT2D eigenvalue weighted by molar-refractivity contribution is 6.04. The van der Waals surface area contributed by atoms with Crippen molar-refractivity contribution in [3.63, 3.8) is 0 Å². The van der Waals surface area contributed by atoms with Crippen LogP contribution in [0.15, 0.2) is 53.3 Å². The molecule has 4 rings (SSSR count). The Labute approximate surface area is 164 Å². The molecule has 28 heavy (non-hydrogen) atoms. The molecule has 0 spiro atoms. The molecule has 7 nitrogen and oxygen atoms in total. The molecule has 1 amide bonds. The Balaban J connectivity index is 1.41. The van der Waals surface area contributed by atoms with Crippen molar-refractivity contribution in [2.24, 2.45) is 0 Å². The zero-order valence-corrected chi connectivity index (χ0v) is 16.1. The van der Waals surface area contributed by atoms with Crippen LogP contribution in [0.3, 0.4) is 0 Å². The molecule has 0 radical (unpaired) electrons. The zero-order valence-electron chi connectivity index (χ0n) is 16.1. The average molecular weight is 377 g/mol. The van der Waals surface area contributed by atoms with Crippen LogP contribution >= 0.6 is 0 Å². The van der Waals surface area contributed by atoms with E-state index in [2.05, 4.69) is 56.4 Å². The van der Waals surface area contributed by atoms with Gasteiger partial charge >= 0.3 is 0 Å². The summed E-state index contributed by atoms with van der Waals surface area (Å²) in [7, 11) is 0. The van der Waals surface area contributed by atoms with Gasteiger partial charge in [-0.2, -0.15) is 0 Å². The van der Waals surface area contributed by atoms with E-state index in [0.717, 1.165) is 31.9 Å². The highest BCUT2D eigenvalue weighted by Gasteiger charge is 2.19. The maximum Gasteiger partial charge on any atom is 0.258 e. The molecule has 2 aromatic heterocycles. The van der Waals surface area contributed by atoms with E-state index >= 15 is 0 Å². The molecule has 3 aromatic rings.